The molecule has 2 aromatic heterocycles. The van der Waals surface area contributed by atoms with E-state index in [1.54, 1.807) is 6.07 Å². The van der Waals surface area contributed by atoms with Gasteiger partial charge in [0.25, 0.3) is 5.91 Å². The second kappa shape index (κ2) is 7.62. The Morgan fingerprint density at radius 1 is 1.17 bits per heavy atom. The van der Waals surface area contributed by atoms with Crippen molar-refractivity contribution in [2.24, 2.45) is 0 Å². The number of hydrogen-bond donors (Lipinski definition) is 1. The first kappa shape index (κ1) is 19.0. The topological polar surface area (TPSA) is 86.1 Å². The number of methoxy groups -OCH3 is 1. The second-order valence-electron chi connectivity index (χ2n) is 7.11. The summed E-state index contributed by atoms with van der Waals surface area (Å²) >= 11 is 0. The smallest absolute Gasteiger partial charge is 0.337 e. The average Bonchev–Trinajstić information content (AvgIpc) is 2.89. The number of pyridine rings is 1. The monoisotopic (exact) mass is 396 g/mol. The number of halogens is 1. The van der Waals surface area contributed by atoms with E-state index in [2.05, 4.69) is 24.6 Å². The van der Waals surface area contributed by atoms with E-state index in [4.69, 9.17) is 0 Å². The van der Waals surface area contributed by atoms with Gasteiger partial charge in [0, 0.05) is 18.7 Å². The molecule has 1 aliphatic rings. The minimum atomic E-state index is -0.645. The Bertz CT molecular complexity index is 1120. The Balaban J connectivity index is 1.74. The first-order chi connectivity index (χ1) is 14.0. The van der Waals surface area contributed by atoms with Gasteiger partial charge in [0.15, 0.2) is 5.65 Å². The molecule has 1 amide bonds. The van der Waals surface area contributed by atoms with Crippen molar-refractivity contribution in [3.63, 3.8) is 0 Å². The highest BCUT2D eigenvalue weighted by Gasteiger charge is 2.22. The van der Waals surface area contributed by atoms with E-state index in [1.165, 1.54) is 19.2 Å². The van der Waals surface area contributed by atoms with E-state index in [9.17, 15) is 14.0 Å². The number of esters is 1. The standard InChI is InChI=1S/C21H21FN4O3/c1-12-10-14(18-19(23-12)26-9-5-3-4-6-17(26)25-18)20(27)24-16-11-13(21(28)29-2)7-8-15(16)22/h7-8,10-11H,3-6,9H2,1-2H3,(H,24,27). The van der Waals surface area contributed by atoms with Gasteiger partial charge < -0.3 is 14.6 Å². The molecule has 8 heteroatoms. The number of aryl methyl sites for hydroxylation is 3. The first-order valence-electron chi connectivity index (χ1n) is 9.54. The molecule has 1 aliphatic heterocycles. The van der Waals surface area contributed by atoms with Gasteiger partial charge in [-0.2, -0.15) is 0 Å². The van der Waals surface area contributed by atoms with Crippen molar-refractivity contribution in [1.82, 2.24) is 14.5 Å². The molecule has 0 aliphatic carbocycles. The third-order valence-electron chi connectivity index (χ3n) is 5.07. The molecule has 3 aromatic rings. The summed E-state index contributed by atoms with van der Waals surface area (Å²) in [7, 11) is 1.24. The zero-order valence-electron chi connectivity index (χ0n) is 16.3. The van der Waals surface area contributed by atoms with Gasteiger partial charge in [0.2, 0.25) is 0 Å². The van der Waals surface area contributed by atoms with E-state index in [1.807, 2.05) is 6.92 Å². The number of ether oxygens (including phenoxy) is 1. The van der Waals surface area contributed by atoms with Crippen molar-refractivity contribution in [2.75, 3.05) is 12.4 Å². The summed E-state index contributed by atoms with van der Waals surface area (Å²) in [6, 6.07) is 5.32. The third-order valence-corrected chi connectivity index (χ3v) is 5.07. The van der Waals surface area contributed by atoms with Crippen molar-refractivity contribution in [3.8, 4) is 0 Å². The van der Waals surface area contributed by atoms with Crippen LogP contribution in [0.5, 0.6) is 0 Å². The van der Waals surface area contributed by atoms with Gasteiger partial charge in [-0.25, -0.2) is 19.2 Å². The van der Waals surface area contributed by atoms with Crippen LogP contribution in [0.3, 0.4) is 0 Å². The van der Waals surface area contributed by atoms with Crippen LogP contribution >= 0.6 is 0 Å². The summed E-state index contributed by atoms with van der Waals surface area (Å²) < 4.78 is 21.0. The molecule has 1 aromatic carbocycles. The van der Waals surface area contributed by atoms with Gasteiger partial charge in [-0.15, -0.1) is 0 Å². The van der Waals surface area contributed by atoms with Crippen molar-refractivity contribution in [1.29, 1.82) is 0 Å². The minimum absolute atomic E-state index is 0.0960. The molecule has 4 rings (SSSR count). The molecule has 1 N–H and O–H groups in total. The summed E-state index contributed by atoms with van der Waals surface area (Å²) in [5, 5.41) is 2.56. The van der Waals surface area contributed by atoms with Gasteiger partial charge in [-0.3, -0.25) is 4.79 Å². The number of carbonyl (C=O) groups excluding carboxylic acids is 2. The molecule has 0 spiro atoms. The van der Waals surface area contributed by atoms with Crippen LogP contribution in [0.15, 0.2) is 24.3 Å². The first-order valence-corrected chi connectivity index (χ1v) is 9.54. The summed E-state index contributed by atoms with van der Waals surface area (Å²) in [4.78, 5) is 34.0. The molecular formula is C21H21FN4O3. The summed E-state index contributed by atoms with van der Waals surface area (Å²) in [5.74, 6) is -0.840. The molecular weight excluding hydrogens is 375 g/mol. The fourth-order valence-electron chi connectivity index (χ4n) is 3.64. The Labute approximate surface area is 166 Å². The van der Waals surface area contributed by atoms with Gasteiger partial charge in [0.05, 0.1) is 23.9 Å². The Kier molecular flexibility index (Phi) is 5.00. The lowest BCUT2D eigenvalue weighted by Crippen LogP contribution is -2.15. The van der Waals surface area contributed by atoms with E-state index in [0.29, 0.717) is 22.4 Å². The largest absolute Gasteiger partial charge is 0.465 e. The van der Waals surface area contributed by atoms with E-state index < -0.39 is 17.7 Å². The number of nitrogens with one attached hydrogen (secondary N) is 1. The van der Waals surface area contributed by atoms with Crippen molar-refractivity contribution >= 4 is 28.7 Å². The maximum atomic E-state index is 14.2. The predicted molar refractivity (Wildman–Crippen MR) is 106 cm³/mol. The fourth-order valence-corrected chi connectivity index (χ4v) is 3.64. The minimum Gasteiger partial charge on any atom is -0.465 e. The third kappa shape index (κ3) is 3.57. The molecule has 0 saturated heterocycles. The average molecular weight is 396 g/mol. The van der Waals surface area contributed by atoms with Crippen LogP contribution in [0, 0.1) is 12.7 Å². The summed E-state index contributed by atoms with van der Waals surface area (Å²) in [6.45, 7) is 2.63. The summed E-state index contributed by atoms with van der Waals surface area (Å²) in [6.07, 6.45) is 4.07. The van der Waals surface area contributed by atoms with Crippen molar-refractivity contribution in [2.45, 2.75) is 39.2 Å². The van der Waals surface area contributed by atoms with Crippen LogP contribution in [0.2, 0.25) is 0 Å². The maximum absolute atomic E-state index is 14.2. The highest BCUT2D eigenvalue weighted by atomic mass is 19.1. The predicted octanol–water partition coefficient (Wildman–Crippen LogP) is 3.64. The van der Waals surface area contributed by atoms with Crippen molar-refractivity contribution in [3.05, 3.63) is 52.7 Å². The molecule has 29 heavy (non-hydrogen) atoms. The molecule has 0 bridgehead atoms. The Morgan fingerprint density at radius 3 is 2.79 bits per heavy atom. The Morgan fingerprint density at radius 2 is 2.00 bits per heavy atom. The van der Waals surface area contributed by atoms with Crippen molar-refractivity contribution < 1.29 is 18.7 Å². The van der Waals surface area contributed by atoms with E-state index in [-0.39, 0.29) is 11.3 Å². The zero-order valence-corrected chi connectivity index (χ0v) is 16.3. The van der Waals surface area contributed by atoms with E-state index in [0.717, 1.165) is 44.1 Å². The number of amides is 1. The number of imidazole rings is 1. The van der Waals surface area contributed by atoms with Crippen LogP contribution in [-0.2, 0) is 17.7 Å². The zero-order chi connectivity index (χ0) is 20.5. The normalized spacial score (nSPS) is 13.6. The van der Waals surface area contributed by atoms with Crippen LogP contribution < -0.4 is 5.32 Å². The molecule has 0 saturated carbocycles. The van der Waals surface area contributed by atoms with Gasteiger partial charge >= 0.3 is 5.97 Å². The number of hydrogen-bond acceptors (Lipinski definition) is 5. The number of carbonyl (C=O) groups is 2. The molecule has 0 atom stereocenters. The molecule has 3 heterocycles. The number of rotatable bonds is 3. The fraction of sp³-hybridized carbons (Fsp3) is 0.333. The Hall–Kier alpha value is -3.29. The molecule has 0 fully saturated rings. The molecule has 0 unspecified atom stereocenters. The van der Waals surface area contributed by atoms with Gasteiger partial charge in [-0.1, -0.05) is 6.42 Å². The number of nitrogens with zero attached hydrogens (tertiary/aromatic N) is 3. The van der Waals surface area contributed by atoms with Gasteiger partial charge in [-0.05, 0) is 44.0 Å². The molecule has 150 valence electrons. The number of aromatic nitrogens is 3. The number of benzene rings is 1. The lowest BCUT2D eigenvalue weighted by atomic mass is 10.1. The summed E-state index contributed by atoms with van der Waals surface area (Å²) in [5.41, 5.74) is 2.25. The number of fused-ring (bicyclic) bond motifs is 3. The highest BCUT2D eigenvalue weighted by molar-refractivity contribution is 6.11. The maximum Gasteiger partial charge on any atom is 0.337 e. The lowest BCUT2D eigenvalue weighted by molar-refractivity contribution is 0.0600. The SMILES string of the molecule is COC(=O)c1ccc(F)c(NC(=O)c2cc(C)nc3c2nc2n3CCCCC2)c1. The molecule has 0 radical (unpaired) electrons. The van der Waals surface area contributed by atoms with Gasteiger partial charge in [0.1, 0.15) is 17.2 Å². The van der Waals surface area contributed by atoms with E-state index >= 15 is 0 Å². The van der Waals surface area contributed by atoms with Crippen LogP contribution in [0.4, 0.5) is 10.1 Å². The number of anilines is 1. The van der Waals surface area contributed by atoms with Crippen LogP contribution in [0.1, 0.15) is 51.5 Å². The second-order valence-corrected chi connectivity index (χ2v) is 7.11. The van der Waals surface area contributed by atoms with Crippen LogP contribution in [-0.4, -0.2) is 33.5 Å². The molecule has 7 nitrogen and oxygen atoms in total. The van der Waals surface area contributed by atoms with Crippen LogP contribution in [0.25, 0.3) is 11.2 Å². The quantitative estimate of drug-likeness (QED) is 0.683. The highest BCUT2D eigenvalue weighted by Crippen LogP contribution is 2.25. The lowest BCUT2D eigenvalue weighted by Gasteiger charge is -2.10.